The fraction of sp³-hybridized carbons (Fsp3) is 0. The molecule has 0 aromatic rings. The van der Waals surface area contributed by atoms with Gasteiger partial charge < -0.3 is 4.98 Å². The molecule has 11 heavy (non-hydrogen) atoms. The third kappa shape index (κ3) is 0.861. The molecule has 5 heteroatoms. The van der Waals surface area contributed by atoms with Gasteiger partial charge in [0.1, 0.15) is 5.69 Å². The van der Waals surface area contributed by atoms with Crippen LogP contribution in [0.3, 0.4) is 0 Å². The van der Waals surface area contributed by atoms with Crippen LogP contribution in [-0.4, -0.2) is 26.2 Å². The highest BCUT2D eigenvalue weighted by molar-refractivity contribution is 5.72. The number of rotatable bonds is 1. The molecule has 0 saturated carbocycles. The first-order chi connectivity index (χ1) is 5.40. The van der Waals surface area contributed by atoms with Gasteiger partial charge in [0.25, 0.3) is 0 Å². The second-order valence-electron chi connectivity index (χ2n) is 1.98. The lowest BCUT2D eigenvalue weighted by Crippen LogP contribution is -1.84. The Hall–Kier alpha value is -1.78. The van der Waals surface area contributed by atoms with Crippen LogP contribution in [0.1, 0.15) is 10.6 Å². The van der Waals surface area contributed by atoms with Gasteiger partial charge in [0.2, 0.25) is 0 Å². The van der Waals surface area contributed by atoms with Gasteiger partial charge >= 0.3 is 0 Å². The average molecular weight is 148 g/mol. The Morgan fingerprint density at radius 2 is 2.36 bits per heavy atom. The maximum absolute atomic E-state index is 10.2. The molecule has 0 saturated heterocycles. The molecule has 54 valence electrons. The van der Waals surface area contributed by atoms with Crippen molar-refractivity contribution in [3.05, 3.63) is 18.3 Å². The number of aldehydes is 1. The molecule has 2 rings (SSSR count). The van der Waals surface area contributed by atoms with Crippen LogP contribution in [0, 0.1) is 0 Å². The van der Waals surface area contributed by atoms with Crippen molar-refractivity contribution in [3.8, 4) is 11.5 Å². The summed E-state index contributed by atoms with van der Waals surface area (Å²) in [6.45, 7) is 0. The van der Waals surface area contributed by atoms with Crippen LogP contribution in [0.25, 0.3) is 11.5 Å². The van der Waals surface area contributed by atoms with Crippen LogP contribution >= 0.6 is 0 Å². The van der Waals surface area contributed by atoms with Crippen LogP contribution in [-0.2, 0) is 0 Å². The lowest BCUT2D eigenvalue weighted by Gasteiger charge is -1.88. The topological polar surface area (TPSA) is 71.5 Å². The van der Waals surface area contributed by atoms with E-state index in [1.807, 2.05) is 0 Å². The highest BCUT2D eigenvalue weighted by Gasteiger charge is 2.09. The van der Waals surface area contributed by atoms with E-state index in [1.54, 1.807) is 6.20 Å². The van der Waals surface area contributed by atoms with Gasteiger partial charge in [0.15, 0.2) is 17.9 Å². The van der Waals surface area contributed by atoms with Gasteiger partial charge in [-0.1, -0.05) is 0 Å². The summed E-state index contributed by atoms with van der Waals surface area (Å²) >= 11 is 0. The van der Waals surface area contributed by atoms with Crippen molar-refractivity contribution in [1.29, 1.82) is 0 Å². The first kappa shape index (κ1) is 5.96. The summed E-state index contributed by atoms with van der Waals surface area (Å²) in [7, 11) is 0. The van der Waals surface area contributed by atoms with E-state index in [2.05, 4.69) is 19.9 Å². The van der Waals surface area contributed by atoms with E-state index < -0.39 is 0 Å². The highest BCUT2D eigenvalue weighted by atomic mass is 16.1. The number of aromatic amines is 1. The molecule has 0 atom stereocenters. The molecular formula is C6H4N4O. The monoisotopic (exact) mass is 148 g/mol. The molecule has 0 aromatic carbocycles. The normalized spacial score (nSPS) is 10.2. The second-order valence-corrected chi connectivity index (χ2v) is 1.98. The molecule has 0 amide bonds. The number of nitrogens with zero attached hydrogens (tertiary/aromatic N) is 3. The minimum Gasteiger partial charge on any atom is -0.350 e. The van der Waals surface area contributed by atoms with Gasteiger partial charge in [-0.15, -0.1) is 0 Å². The van der Waals surface area contributed by atoms with Crippen LogP contribution < -0.4 is 0 Å². The fourth-order valence-corrected chi connectivity index (χ4v) is 0.823. The van der Waals surface area contributed by atoms with Gasteiger partial charge in [-0.2, -0.15) is 0 Å². The second kappa shape index (κ2) is 2.12. The summed E-state index contributed by atoms with van der Waals surface area (Å²) in [5, 5.41) is 0. The summed E-state index contributed by atoms with van der Waals surface area (Å²) in [6, 6.07) is 0. The van der Waals surface area contributed by atoms with Crippen molar-refractivity contribution < 1.29 is 4.79 Å². The van der Waals surface area contributed by atoms with Crippen molar-refractivity contribution in [2.45, 2.75) is 0 Å². The Morgan fingerprint density at radius 3 is 3.09 bits per heavy atom. The van der Waals surface area contributed by atoms with Crippen molar-refractivity contribution in [2.24, 2.45) is 0 Å². The Labute approximate surface area is 61.9 Å². The maximum atomic E-state index is 10.2. The number of H-pyrrole nitrogens is 1. The molecule has 0 fully saturated rings. The minimum absolute atomic E-state index is 0.173. The molecule has 0 spiro atoms. The predicted molar refractivity (Wildman–Crippen MR) is 36.2 cm³/mol. The Balaban J connectivity index is 2.69. The SMILES string of the molecule is O=Cc1nc2c[nH]cnc-2n1. The standard InChI is InChI=1S/C6H4N4O/c11-2-5-9-4-1-7-3-8-6(4)10-5/h1-3H,(H,7,8,9,10). The zero-order valence-corrected chi connectivity index (χ0v) is 5.48. The van der Waals surface area contributed by atoms with Crippen molar-refractivity contribution >= 4 is 6.29 Å². The molecule has 2 aliphatic rings. The Bertz CT molecular complexity index is 326. The van der Waals surface area contributed by atoms with E-state index in [0.29, 0.717) is 17.8 Å². The maximum Gasteiger partial charge on any atom is 0.195 e. The van der Waals surface area contributed by atoms with Gasteiger partial charge in [-0.3, -0.25) is 4.79 Å². The molecule has 5 nitrogen and oxygen atoms in total. The van der Waals surface area contributed by atoms with Gasteiger partial charge in [0.05, 0.1) is 6.33 Å². The molecule has 0 unspecified atom stereocenters. The minimum atomic E-state index is 0.173. The molecule has 0 aliphatic carbocycles. The highest BCUT2D eigenvalue weighted by Crippen LogP contribution is 2.11. The quantitative estimate of drug-likeness (QED) is 0.583. The van der Waals surface area contributed by atoms with E-state index in [9.17, 15) is 4.79 Å². The van der Waals surface area contributed by atoms with E-state index >= 15 is 0 Å². The number of carbonyl (C=O) groups excluding carboxylic acids is 1. The molecule has 1 N–H and O–H groups in total. The van der Waals surface area contributed by atoms with Crippen molar-refractivity contribution in [2.75, 3.05) is 0 Å². The largest absolute Gasteiger partial charge is 0.350 e. The predicted octanol–water partition coefficient (Wildman–Crippen LogP) is 0.117. The fourth-order valence-electron chi connectivity index (χ4n) is 0.823. The van der Waals surface area contributed by atoms with E-state index in [0.717, 1.165) is 0 Å². The molecule has 0 radical (unpaired) electrons. The van der Waals surface area contributed by atoms with Crippen LogP contribution in [0.5, 0.6) is 0 Å². The first-order valence-corrected chi connectivity index (χ1v) is 3.02. The number of imidazole rings is 1. The smallest absolute Gasteiger partial charge is 0.195 e. The van der Waals surface area contributed by atoms with E-state index in [-0.39, 0.29) is 5.82 Å². The summed E-state index contributed by atoms with van der Waals surface area (Å²) in [6.07, 6.45) is 3.73. The van der Waals surface area contributed by atoms with Gasteiger partial charge in [-0.05, 0) is 0 Å². The molecule has 2 aliphatic heterocycles. The molecule has 0 aromatic heterocycles. The third-order valence-corrected chi connectivity index (χ3v) is 1.27. The summed E-state index contributed by atoms with van der Waals surface area (Å²) in [5.41, 5.74) is 0.606. The molecule has 0 bridgehead atoms. The first-order valence-electron chi connectivity index (χ1n) is 3.02. The van der Waals surface area contributed by atoms with Gasteiger partial charge in [0, 0.05) is 6.20 Å². The molecule has 2 heterocycles. The lowest BCUT2D eigenvalue weighted by molar-refractivity contribution is 0.111. The Kier molecular flexibility index (Phi) is 1.15. The number of hydrogen-bond donors (Lipinski definition) is 1. The number of aromatic nitrogens is 4. The van der Waals surface area contributed by atoms with Crippen molar-refractivity contribution in [3.63, 3.8) is 0 Å². The molecular weight excluding hydrogens is 144 g/mol. The average Bonchev–Trinajstić information content (AvgIpc) is 2.46. The summed E-state index contributed by atoms with van der Waals surface area (Å²) in [5.74, 6) is 0.665. The van der Waals surface area contributed by atoms with Crippen LogP contribution in [0.4, 0.5) is 0 Å². The van der Waals surface area contributed by atoms with E-state index in [4.69, 9.17) is 0 Å². The van der Waals surface area contributed by atoms with Gasteiger partial charge in [-0.25, -0.2) is 15.0 Å². The zero-order chi connectivity index (χ0) is 7.68. The zero-order valence-electron chi connectivity index (χ0n) is 5.48. The number of hydrogen-bond acceptors (Lipinski definition) is 4. The number of carbonyl (C=O) groups is 1. The Morgan fingerprint density at radius 1 is 1.45 bits per heavy atom. The summed E-state index contributed by atoms with van der Waals surface area (Å²) < 4.78 is 0. The van der Waals surface area contributed by atoms with E-state index in [1.165, 1.54) is 6.33 Å². The lowest BCUT2D eigenvalue weighted by atomic mass is 10.4. The van der Waals surface area contributed by atoms with Crippen LogP contribution in [0.15, 0.2) is 12.5 Å². The number of nitrogens with one attached hydrogen (secondary N) is 1. The van der Waals surface area contributed by atoms with Crippen molar-refractivity contribution in [1.82, 2.24) is 19.9 Å². The summed E-state index contributed by atoms with van der Waals surface area (Å²) in [4.78, 5) is 24.5. The number of fused-ring (bicyclic) bond motifs is 1. The van der Waals surface area contributed by atoms with Crippen LogP contribution in [0.2, 0.25) is 0 Å². The third-order valence-electron chi connectivity index (χ3n) is 1.27.